The maximum atomic E-state index is 10.0. The number of hydrogen-bond donors (Lipinski definition) is 1. The lowest BCUT2D eigenvalue weighted by Crippen LogP contribution is -2.23. The lowest BCUT2D eigenvalue weighted by atomic mass is 10.1. The summed E-state index contributed by atoms with van der Waals surface area (Å²) < 4.78 is 5.50. The first-order chi connectivity index (χ1) is 12.1. The predicted molar refractivity (Wildman–Crippen MR) is 94.2 cm³/mol. The van der Waals surface area contributed by atoms with Crippen LogP contribution in [0.3, 0.4) is 0 Å². The molecule has 3 heterocycles. The van der Waals surface area contributed by atoms with Gasteiger partial charge in [-0.3, -0.25) is 4.90 Å². The van der Waals surface area contributed by atoms with Crippen LogP contribution in [-0.2, 0) is 6.54 Å². The number of phenolic OH excluding ortho intramolecular Hbond substituents is 1. The van der Waals surface area contributed by atoms with E-state index in [1.807, 2.05) is 24.3 Å². The van der Waals surface area contributed by atoms with E-state index in [9.17, 15) is 5.11 Å². The minimum atomic E-state index is 0.141. The zero-order valence-corrected chi connectivity index (χ0v) is 14.5. The first kappa shape index (κ1) is 16.0. The molecule has 0 bridgehead atoms. The quantitative estimate of drug-likeness (QED) is 0.780. The highest BCUT2D eigenvalue weighted by atomic mass is 16.5. The van der Waals surface area contributed by atoms with Crippen LogP contribution in [0.1, 0.15) is 56.1 Å². The molecule has 2 aromatic heterocycles. The Kier molecular flexibility index (Phi) is 4.13. The molecule has 1 fully saturated rings. The SMILES string of the molecule is CC(C)c1noc(C2CCCN2Cc2ccc3cccc(O)c3n2)n1. The van der Waals surface area contributed by atoms with Crippen LogP contribution in [0.2, 0.25) is 0 Å². The molecule has 1 saturated heterocycles. The van der Waals surface area contributed by atoms with Gasteiger partial charge in [0.05, 0.1) is 11.7 Å². The number of hydrogen-bond acceptors (Lipinski definition) is 6. The average Bonchev–Trinajstić information content (AvgIpc) is 3.24. The van der Waals surface area contributed by atoms with Crippen LogP contribution in [0.15, 0.2) is 34.9 Å². The summed E-state index contributed by atoms with van der Waals surface area (Å²) in [6.45, 7) is 5.80. The topological polar surface area (TPSA) is 75.3 Å². The molecule has 1 aromatic carbocycles. The summed E-state index contributed by atoms with van der Waals surface area (Å²) in [6.07, 6.45) is 2.11. The maximum absolute atomic E-state index is 10.0. The number of nitrogens with zero attached hydrogens (tertiary/aromatic N) is 4. The van der Waals surface area contributed by atoms with E-state index in [0.29, 0.717) is 18.0 Å². The van der Waals surface area contributed by atoms with Crippen molar-refractivity contribution in [3.8, 4) is 5.75 Å². The largest absolute Gasteiger partial charge is 0.506 e. The van der Waals surface area contributed by atoms with Crippen molar-refractivity contribution in [2.24, 2.45) is 0 Å². The molecule has 1 atom stereocenters. The van der Waals surface area contributed by atoms with Crippen LogP contribution in [0.4, 0.5) is 0 Å². The van der Waals surface area contributed by atoms with Gasteiger partial charge in [0.15, 0.2) is 5.82 Å². The number of aromatic nitrogens is 3. The summed E-state index contributed by atoms with van der Waals surface area (Å²) in [5.74, 6) is 1.94. The number of likely N-dealkylation sites (tertiary alicyclic amines) is 1. The summed E-state index contributed by atoms with van der Waals surface area (Å²) >= 11 is 0. The lowest BCUT2D eigenvalue weighted by Gasteiger charge is -2.21. The molecule has 3 aromatic rings. The molecule has 25 heavy (non-hydrogen) atoms. The maximum Gasteiger partial charge on any atom is 0.244 e. The molecule has 1 unspecified atom stereocenters. The summed E-state index contributed by atoms with van der Waals surface area (Å²) in [5, 5.41) is 15.1. The number of para-hydroxylation sites is 1. The van der Waals surface area contributed by atoms with Gasteiger partial charge in [0.2, 0.25) is 5.89 Å². The molecule has 6 nitrogen and oxygen atoms in total. The highest BCUT2D eigenvalue weighted by molar-refractivity contribution is 5.84. The monoisotopic (exact) mass is 338 g/mol. The zero-order valence-electron chi connectivity index (χ0n) is 14.5. The van der Waals surface area contributed by atoms with Crippen molar-refractivity contribution < 1.29 is 9.63 Å². The van der Waals surface area contributed by atoms with Crippen molar-refractivity contribution in [1.29, 1.82) is 0 Å². The van der Waals surface area contributed by atoms with Gasteiger partial charge >= 0.3 is 0 Å². The molecule has 0 amide bonds. The predicted octanol–water partition coefficient (Wildman–Crippen LogP) is 3.78. The van der Waals surface area contributed by atoms with Gasteiger partial charge in [-0.05, 0) is 31.5 Å². The van der Waals surface area contributed by atoms with Gasteiger partial charge in [-0.15, -0.1) is 0 Å². The summed E-state index contributed by atoms with van der Waals surface area (Å²) in [6, 6.07) is 9.62. The summed E-state index contributed by atoms with van der Waals surface area (Å²) in [4.78, 5) is 11.5. The number of rotatable bonds is 4. The van der Waals surface area contributed by atoms with Crippen molar-refractivity contribution in [2.75, 3.05) is 6.54 Å². The second kappa shape index (κ2) is 6.44. The third-order valence-corrected chi connectivity index (χ3v) is 4.74. The van der Waals surface area contributed by atoms with Crippen molar-refractivity contribution in [1.82, 2.24) is 20.0 Å². The van der Waals surface area contributed by atoms with Gasteiger partial charge in [0.25, 0.3) is 0 Å². The van der Waals surface area contributed by atoms with Crippen LogP contribution in [0.5, 0.6) is 5.75 Å². The van der Waals surface area contributed by atoms with E-state index < -0.39 is 0 Å². The van der Waals surface area contributed by atoms with E-state index in [4.69, 9.17) is 4.52 Å². The smallest absolute Gasteiger partial charge is 0.244 e. The van der Waals surface area contributed by atoms with E-state index in [2.05, 4.69) is 33.9 Å². The Morgan fingerprint density at radius 1 is 1.24 bits per heavy atom. The molecule has 0 aliphatic carbocycles. The fourth-order valence-corrected chi connectivity index (χ4v) is 3.38. The lowest BCUT2D eigenvalue weighted by molar-refractivity contribution is 0.199. The highest BCUT2D eigenvalue weighted by Crippen LogP contribution is 2.33. The van der Waals surface area contributed by atoms with E-state index in [0.717, 1.165) is 36.3 Å². The number of aromatic hydroxyl groups is 1. The molecule has 0 radical (unpaired) electrons. The second-order valence-electron chi connectivity index (χ2n) is 6.93. The molecule has 1 N–H and O–H groups in total. The normalized spacial score (nSPS) is 18.4. The molecular weight excluding hydrogens is 316 g/mol. The number of fused-ring (bicyclic) bond motifs is 1. The highest BCUT2D eigenvalue weighted by Gasteiger charge is 2.31. The standard InChI is InChI=1S/C19H22N4O2/c1-12(2)18-21-19(25-22-18)15-6-4-10-23(15)11-14-9-8-13-5-3-7-16(24)17(13)20-14/h3,5,7-9,12,15,24H,4,6,10-11H2,1-2H3. The third-order valence-electron chi connectivity index (χ3n) is 4.74. The zero-order chi connectivity index (χ0) is 17.4. The van der Waals surface area contributed by atoms with E-state index in [1.54, 1.807) is 6.07 Å². The van der Waals surface area contributed by atoms with Crippen molar-refractivity contribution in [3.63, 3.8) is 0 Å². The Balaban J connectivity index is 1.57. The Bertz CT molecular complexity index is 890. The van der Waals surface area contributed by atoms with Crippen molar-refractivity contribution in [3.05, 3.63) is 47.7 Å². The second-order valence-corrected chi connectivity index (χ2v) is 6.93. The minimum absolute atomic E-state index is 0.141. The summed E-state index contributed by atoms with van der Waals surface area (Å²) in [5.41, 5.74) is 1.58. The van der Waals surface area contributed by atoms with E-state index in [-0.39, 0.29) is 17.7 Å². The van der Waals surface area contributed by atoms with Crippen LogP contribution in [0, 0.1) is 0 Å². The number of phenols is 1. The number of benzene rings is 1. The molecule has 6 heteroatoms. The molecular formula is C19H22N4O2. The summed E-state index contributed by atoms with van der Waals surface area (Å²) in [7, 11) is 0. The fraction of sp³-hybridized carbons (Fsp3) is 0.421. The van der Waals surface area contributed by atoms with E-state index >= 15 is 0 Å². The van der Waals surface area contributed by atoms with Gasteiger partial charge in [-0.2, -0.15) is 4.98 Å². The van der Waals surface area contributed by atoms with Crippen molar-refractivity contribution in [2.45, 2.75) is 45.2 Å². The molecule has 1 aliphatic rings. The minimum Gasteiger partial charge on any atom is -0.506 e. The van der Waals surface area contributed by atoms with Crippen LogP contribution < -0.4 is 0 Å². The van der Waals surface area contributed by atoms with Gasteiger partial charge in [0, 0.05) is 17.8 Å². The van der Waals surface area contributed by atoms with Gasteiger partial charge in [-0.1, -0.05) is 37.2 Å². The Hall–Kier alpha value is -2.47. The molecule has 0 spiro atoms. The van der Waals surface area contributed by atoms with Gasteiger partial charge in [-0.25, -0.2) is 4.98 Å². The molecule has 4 rings (SSSR count). The van der Waals surface area contributed by atoms with Crippen molar-refractivity contribution >= 4 is 10.9 Å². The van der Waals surface area contributed by atoms with E-state index in [1.165, 1.54) is 0 Å². The van der Waals surface area contributed by atoms with Gasteiger partial charge < -0.3 is 9.63 Å². The van der Waals surface area contributed by atoms with Crippen LogP contribution >= 0.6 is 0 Å². The van der Waals surface area contributed by atoms with Gasteiger partial charge in [0.1, 0.15) is 11.3 Å². The Morgan fingerprint density at radius 2 is 2.12 bits per heavy atom. The average molecular weight is 338 g/mol. The molecule has 130 valence electrons. The van der Waals surface area contributed by atoms with Crippen LogP contribution in [-0.4, -0.2) is 31.7 Å². The first-order valence-electron chi connectivity index (χ1n) is 8.77. The third kappa shape index (κ3) is 3.09. The molecule has 0 saturated carbocycles. The van der Waals surface area contributed by atoms with Crippen LogP contribution in [0.25, 0.3) is 10.9 Å². The fourth-order valence-electron chi connectivity index (χ4n) is 3.38. The first-order valence-corrected chi connectivity index (χ1v) is 8.77. The Morgan fingerprint density at radius 3 is 2.92 bits per heavy atom. The number of pyridine rings is 1. The molecule has 1 aliphatic heterocycles. The Labute approximate surface area is 146 Å².